The number of aromatic hydroxyl groups is 1. The third kappa shape index (κ3) is 2.85. The highest BCUT2D eigenvalue weighted by atomic mass is 16.6. The quantitative estimate of drug-likeness (QED) is 0.577. The lowest BCUT2D eigenvalue weighted by atomic mass is 10.1. The van der Waals surface area contributed by atoms with Crippen molar-refractivity contribution in [3.8, 4) is 11.4 Å². The molecule has 0 saturated carbocycles. The van der Waals surface area contributed by atoms with Crippen LogP contribution in [0.25, 0.3) is 16.6 Å². The van der Waals surface area contributed by atoms with Crippen molar-refractivity contribution in [2.45, 2.75) is 20.4 Å². The van der Waals surface area contributed by atoms with E-state index in [0.717, 1.165) is 11.3 Å². The van der Waals surface area contributed by atoms with Crippen LogP contribution in [-0.2, 0) is 6.54 Å². The van der Waals surface area contributed by atoms with Gasteiger partial charge in [0.05, 0.1) is 21.5 Å². The molecule has 1 N–H and O–H groups in total. The van der Waals surface area contributed by atoms with Gasteiger partial charge in [0, 0.05) is 17.8 Å². The van der Waals surface area contributed by atoms with Crippen molar-refractivity contribution >= 4 is 16.6 Å². The molecule has 130 valence electrons. The van der Waals surface area contributed by atoms with E-state index in [9.17, 15) is 15.2 Å². The number of benzene rings is 2. The summed E-state index contributed by atoms with van der Waals surface area (Å²) in [6.45, 7) is 4.22. The maximum atomic E-state index is 11.7. The third-order valence-corrected chi connectivity index (χ3v) is 4.36. The number of hydrogen-bond acceptors (Lipinski definition) is 4. The second-order valence-corrected chi connectivity index (χ2v) is 6.56. The van der Waals surface area contributed by atoms with Crippen LogP contribution in [0.3, 0.4) is 0 Å². The van der Waals surface area contributed by atoms with Crippen LogP contribution < -0.4 is 0 Å². The molecule has 0 amide bonds. The summed E-state index contributed by atoms with van der Waals surface area (Å²) in [5.41, 5.74) is 3.95. The molecule has 6 heteroatoms. The lowest BCUT2D eigenvalue weighted by Gasteiger charge is -2.15. The van der Waals surface area contributed by atoms with Crippen molar-refractivity contribution in [1.82, 2.24) is 9.47 Å². The van der Waals surface area contributed by atoms with Gasteiger partial charge >= 0.3 is 0 Å². The molecule has 0 atom stereocenters. The van der Waals surface area contributed by atoms with Gasteiger partial charge in [0.25, 0.3) is 5.69 Å². The second kappa shape index (κ2) is 6.22. The maximum Gasteiger partial charge on any atom is 0.298 e. The molecule has 0 radical (unpaired) electrons. The summed E-state index contributed by atoms with van der Waals surface area (Å²) in [6.07, 6.45) is 0. The van der Waals surface area contributed by atoms with Gasteiger partial charge in [-0.1, -0.05) is 17.7 Å². The molecule has 1 heterocycles. The van der Waals surface area contributed by atoms with Crippen molar-refractivity contribution in [3.63, 3.8) is 0 Å². The summed E-state index contributed by atoms with van der Waals surface area (Å²) in [5, 5.41) is 22.6. The summed E-state index contributed by atoms with van der Waals surface area (Å²) in [6, 6.07) is 11.0. The fourth-order valence-electron chi connectivity index (χ4n) is 3.26. The predicted molar refractivity (Wildman–Crippen MR) is 98.5 cm³/mol. The molecule has 6 nitrogen and oxygen atoms in total. The summed E-state index contributed by atoms with van der Waals surface area (Å²) in [4.78, 5) is 13.3. The van der Waals surface area contributed by atoms with E-state index in [1.165, 1.54) is 6.07 Å². The molecule has 3 rings (SSSR count). The van der Waals surface area contributed by atoms with Crippen LogP contribution >= 0.6 is 0 Å². The van der Waals surface area contributed by atoms with Crippen LogP contribution in [0.4, 0.5) is 5.69 Å². The first kappa shape index (κ1) is 17.0. The number of hydrogen-bond donors (Lipinski definition) is 1. The standard InChI is InChI=1S/C19H21N3O3/c1-12-5-7-14(8-6-12)21-13(2)18(22(24)25)15-9-10-17(23)16(19(15)21)11-20(3)4/h5-10,23H,11H2,1-4H3. The third-order valence-electron chi connectivity index (χ3n) is 4.36. The molecule has 0 spiro atoms. The van der Waals surface area contributed by atoms with Gasteiger partial charge in [-0.25, -0.2) is 0 Å². The van der Waals surface area contributed by atoms with Gasteiger partial charge in [0.15, 0.2) is 0 Å². The Morgan fingerprint density at radius 1 is 1.12 bits per heavy atom. The minimum atomic E-state index is -0.348. The van der Waals surface area contributed by atoms with Crippen LogP contribution in [0.1, 0.15) is 16.8 Å². The highest BCUT2D eigenvalue weighted by Gasteiger charge is 2.27. The van der Waals surface area contributed by atoms with E-state index in [0.29, 0.717) is 28.7 Å². The summed E-state index contributed by atoms with van der Waals surface area (Å²) in [5.74, 6) is 0.141. The number of phenols is 1. The first-order valence-corrected chi connectivity index (χ1v) is 8.03. The van der Waals surface area contributed by atoms with E-state index in [1.807, 2.05) is 54.8 Å². The van der Waals surface area contributed by atoms with E-state index in [4.69, 9.17) is 0 Å². The van der Waals surface area contributed by atoms with E-state index in [2.05, 4.69) is 0 Å². The van der Waals surface area contributed by atoms with Gasteiger partial charge in [-0.3, -0.25) is 10.1 Å². The number of aryl methyl sites for hydroxylation is 1. The van der Waals surface area contributed by atoms with Crippen LogP contribution in [0.15, 0.2) is 36.4 Å². The van der Waals surface area contributed by atoms with Gasteiger partial charge in [0.1, 0.15) is 5.75 Å². The van der Waals surface area contributed by atoms with Crippen LogP contribution in [0.2, 0.25) is 0 Å². The first-order valence-electron chi connectivity index (χ1n) is 8.03. The van der Waals surface area contributed by atoms with E-state index in [1.54, 1.807) is 13.0 Å². The first-order chi connectivity index (χ1) is 11.8. The van der Waals surface area contributed by atoms with Crippen LogP contribution in [-0.4, -0.2) is 33.6 Å². The normalized spacial score (nSPS) is 11.4. The van der Waals surface area contributed by atoms with Crippen LogP contribution in [0.5, 0.6) is 5.75 Å². The summed E-state index contributed by atoms with van der Waals surface area (Å²) >= 11 is 0. The average Bonchev–Trinajstić information content (AvgIpc) is 2.83. The molecule has 2 aromatic carbocycles. The van der Waals surface area contributed by atoms with Gasteiger partial charge < -0.3 is 14.6 Å². The Kier molecular flexibility index (Phi) is 4.22. The SMILES string of the molecule is Cc1ccc(-n2c(C)c([N+](=O)[O-])c3ccc(O)c(CN(C)C)c32)cc1. The molecule has 0 fully saturated rings. The zero-order valence-electron chi connectivity index (χ0n) is 14.8. The minimum absolute atomic E-state index is 0.0792. The largest absolute Gasteiger partial charge is 0.508 e. The Hall–Kier alpha value is -2.86. The van der Waals surface area contributed by atoms with E-state index >= 15 is 0 Å². The Bertz CT molecular complexity index is 956. The Balaban J connectivity index is 2.45. The Morgan fingerprint density at radius 3 is 2.32 bits per heavy atom. The van der Waals surface area contributed by atoms with Gasteiger partial charge in [-0.15, -0.1) is 0 Å². The van der Waals surface area contributed by atoms with Gasteiger partial charge in [-0.05, 0) is 52.2 Å². The number of phenolic OH excluding ortho intramolecular Hbond substituents is 1. The molecule has 3 aromatic rings. The van der Waals surface area contributed by atoms with Crippen molar-refractivity contribution < 1.29 is 10.0 Å². The average molecular weight is 339 g/mol. The van der Waals surface area contributed by atoms with Gasteiger partial charge in [0.2, 0.25) is 0 Å². The highest BCUT2D eigenvalue weighted by Crippen LogP contribution is 2.39. The Morgan fingerprint density at radius 2 is 1.76 bits per heavy atom. The number of aromatic nitrogens is 1. The number of nitrogens with zero attached hydrogens (tertiary/aromatic N) is 3. The highest BCUT2D eigenvalue weighted by molar-refractivity contribution is 5.96. The number of rotatable bonds is 4. The molecule has 25 heavy (non-hydrogen) atoms. The van der Waals surface area contributed by atoms with Gasteiger partial charge in [-0.2, -0.15) is 0 Å². The number of fused-ring (bicyclic) bond motifs is 1. The molecule has 0 aliphatic heterocycles. The second-order valence-electron chi connectivity index (χ2n) is 6.56. The van der Waals surface area contributed by atoms with E-state index in [-0.39, 0.29) is 16.4 Å². The molecule has 0 unspecified atom stereocenters. The number of nitro groups is 1. The lowest BCUT2D eigenvalue weighted by molar-refractivity contribution is -0.383. The Labute approximate surface area is 146 Å². The summed E-state index contributed by atoms with van der Waals surface area (Å²) in [7, 11) is 3.80. The molecular formula is C19H21N3O3. The van der Waals surface area contributed by atoms with Crippen molar-refractivity contribution in [1.29, 1.82) is 0 Å². The predicted octanol–water partition coefficient (Wildman–Crippen LogP) is 3.92. The topological polar surface area (TPSA) is 71.5 Å². The van der Waals surface area contributed by atoms with E-state index < -0.39 is 0 Å². The fourth-order valence-corrected chi connectivity index (χ4v) is 3.26. The fraction of sp³-hybridized carbons (Fsp3) is 0.263. The van der Waals surface area contributed by atoms with Crippen LogP contribution in [0, 0.1) is 24.0 Å². The van der Waals surface area contributed by atoms with Crippen molar-refractivity contribution in [2.75, 3.05) is 14.1 Å². The molecule has 1 aromatic heterocycles. The smallest absolute Gasteiger partial charge is 0.298 e. The zero-order chi connectivity index (χ0) is 18.3. The summed E-state index contributed by atoms with van der Waals surface area (Å²) < 4.78 is 1.87. The minimum Gasteiger partial charge on any atom is -0.508 e. The molecule has 0 bridgehead atoms. The lowest BCUT2D eigenvalue weighted by Crippen LogP contribution is -2.12. The molecule has 0 aliphatic carbocycles. The molecule has 0 saturated heterocycles. The monoisotopic (exact) mass is 339 g/mol. The zero-order valence-corrected chi connectivity index (χ0v) is 14.8. The van der Waals surface area contributed by atoms with Crippen molar-refractivity contribution in [3.05, 3.63) is 63.3 Å². The molecule has 0 aliphatic rings. The van der Waals surface area contributed by atoms with Crippen molar-refractivity contribution in [2.24, 2.45) is 0 Å². The molecular weight excluding hydrogens is 318 g/mol. The maximum absolute atomic E-state index is 11.7.